The third kappa shape index (κ3) is 3.60. The van der Waals surface area contributed by atoms with Crippen LogP contribution in [-0.4, -0.2) is 13.2 Å². The number of hydrogen-bond acceptors (Lipinski definition) is 4. The predicted octanol–water partition coefficient (Wildman–Crippen LogP) is 4.12. The minimum atomic E-state index is 0.598. The smallest absolute Gasteiger partial charge is 0.163 e. The summed E-state index contributed by atoms with van der Waals surface area (Å²) in [5, 5.41) is 3.37. The lowest BCUT2D eigenvalue weighted by atomic mass is 10.1. The first kappa shape index (κ1) is 15.0. The minimum Gasteiger partial charge on any atom is -0.490 e. The molecule has 0 heterocycles. The van der Waals surface area contributed by atoms with Crippen LogP contribution >= 0.6 is 0 Å². The molecule has 0 aliphatic carbocycles. The van der Waals surface area contributed by atoms with Gasteiger partial charge in [0.05, 0.1) is 13.2 Å². The summed E-state index contributed by atoms with van der Waals surface area (Å²) in [7, 11) is 0. The summed E-state index contributed by atoms with van der Waals surface area (Å²) < 4.78 is 11.2. The maximum absolute atomic E-state index is 5.93. The first-order chi connectivity index (χ1) is 10.2. The molecule has 0 spiro atoms. The van der Waals surface area contributed by atoms with Gasteiger partial charge in [-0.05, 0) is 50.6 Å². The van der Waals surface area contributed by atoms with Gasteiger partial charge in [0.25, 0.3) is 0 Å². The Kier molecular flexibility index (Phi) is 4.93. The second-order valence-corrected chi connectivity index (χ2v) is 4.67. The zero-order valence-corrected chi connectivity index (χ0v) is 12.8. The van der Waals surface area contributed by atoms with E-state index in [0.29, 0.717) is 13.2 Å². The van der Waals surface area contributed by atoms with E-state index in [9.17, 15) is 0 Å². The average molecular weight is 286 g/mol. The number of anilines is 3. The van der Waals surface area contributed by atoms with Crippen LogP contribution in [0.25, 0.3) is 0 Å². The summed E-state index contributed by atoms with van der Waals surface area (Å²) in [6, 6.07) is 11.7. The Balaban J connectivity index is 2.28. The first-order valence-corrected chi connectivity index (χ1v) is 7.17. The molecule has 4 heteroatoms. The molecule has 2 aromatic rings. The fourth-order valence-electron chi connectivity index (χ4n) is 2.07. The molecule has 0 saturated carbocycles. The highest BCUT2D eigenvalue weighted by molar-refractivity contribution is 5.70. The summed E-state index contributed by atoms with van der Waals surface area (Å²) in [5.41, 5.74) is 9.66. The zero-order chi connectivity index (χ0) is 15.2. The van der Waals surface area contributed by atoms with Gasteiger partial charge in [-0.15, -0.1) is 0 Å². The van der Waals surface area contributed by atoms with Crippen LogP contribution in [0.1, 0.15) is 19.4 Å². The van der Waals surface area contributed by atoms with E-state index < -0.39 is 0 Å². The fraction of sp³-hybridized carbons (Fsp3) is 0.294. The lowest BCUT2D eigenvalue weighted by molar-refractivity contribution is 0.288. The molecule has 0 aliphatic rings. The van der Waals surface area contributed by atoms with Crippen LogP contribution in [-0.2, 0) is 0 Å². The Morgan fingerprint density at radius 1 is 1.00 bits per heavy atom. The van der Waals surface area contributed by atoms with Crippen LogP contribution in [0, 0.1) is 6.92 Å². The normalized spacial score (nSPS) is 10.2. The van der Waals surface area contributed by atoms with E-state index in [1.54, 1.807) is 0 Å². The Morgan fingerprint density at radius 2 is 1.71 bits per heavy atom. The number of benzene rings is 2. The van der Waals surface area contributed by atoms with E-state index in [4.69, 9.17) is 15.2 Å². The predicted molar refractivity (Wildman–Crippen MR) is 87.7 cm³/mol. The van der Waals surface area contributed by atoms with Gasteiger partial charge in [0.2, 0.25) is 0 Å². The van der Waals surface area contributed by atoms with Crippen LogP contribution in [0.3, 0.4) is 0 Å². The zero-order valence-electron chi connectivity index (χ0n) is 12.8. The minimum absolute atomic E-state index is 0.598. The topological polar surface area (TPSA) is 56.5 Å². The fourth-order valence-corrected chi connectivity index (χ4v) is 2.07. The highest BCUT2D eigenvalue weighted by Gasteiger charge is 2.07. The molecule has 0 aromatic heterocycles. The molecule has 2 aromatic carbocycles. The molecule has 2 rings (SSSR count). The van der Waals surface area contributed by atoms with Crippen molar-refractivity contribution in [3.8, 4) is 11.5 Å². The molecule has 3 N–H and O–H groups in total. The van der Waals surface area contributed by atoms with Crippen molar-refractivity contribution in [2.75, 3.05) is 24.3 Å². The van der Waals surface area contributed by atoms with Crippen molar-refractivity contribution in [3.63, 3.8) is 0 Å². The number of nitrogens with one attached hydrogen (secondary N) is 1. The number of ether oxygens (including phenoxy) is 2. The standard InChI is InChI=1S/C17H22N2O2/c1-4-20-16-10-9-13(11-17(16)21-5-2)19-15-8-6-7-14(18)12(15)3/h6-11,19H,4-5,18H2,1-3H3. The van der Waals surface area contributed by atoms with Gasteiger partial charge < -0.3 is 20.5 Å². The molecule has 4 nitrogen and oxygen atoms in total. The lowest BCUT2D eigenvalue weighted by Crippen LogP contribution is -2.00. The molecular weight excluding hydrogens is 264 g/mol. The van der Waals surface area contributed by atoms with E-state index in [1.807, 2.05) is 57.2 Å². The molecule has 0 unspecified atom stereocenters. The van der Waals surface area contributed by atoms with Crippen LogP contribution in [0.2, 0.25) is 0 Å². The number of nitrogen functional groups attached to an aromatic ring is 1. The summed E-state index contributed by atoms with van der Waals surface area (Å²) in [5.74, 6) is 1.50. The molecule has 21 heavy (non-hydrogen) atoms. The van der Waals surface area contributed by atoms with Crippen molar-refractivity contribution >= 4 is 17.1 Å². The quantitative estimate of drug-likeness (QED) is 0.784. The largest absolute Gasteiger partial charge is 0.490 e. The number of nitrogens with two attached hydrogens (primary N) is 1. The number of rotatable bonds is 6. The Bertz CT molecular complexity index is 612. The van der Waals surface area contributed by atoms with Crippen molar-refractivity contribution in [2.24, 2.45) is 0 Å². The van der Waals surface area contributed by atoms with Crippen molar-refractivity contribution in [3.05, 3.63) is 42.0 Å². The van der Waals surface area contributed by atoms with Crippen molar-refractivity contribution in [2.45, 2.75) is 20.8 Å². The summed E-state index contributed by atoms with van der Waals surface area (Å²) >= 11 is 0. The third-order valence-corrected chi connectivity index (χ3v) is 3.20. The van der Waals surface area contributed by atoms with Gasteiger partial charge in [0.15, 0.2) is 11.5 Å². The second kappa shape index (κ2) is 6.88. The molecule has 112 valence electrons. The molecule has 0 saturated heterocycles. The molecule has 0 atom stereocenters. The molecule has 0 radical (unpaired) electrons. The van der Waals surface area contributed by atoms with Gasteiger partial charge in [-0.2, -0.15) is 0 Å². The Hall–Kier alpha value is -2.36. The highest BCUT2D eigenvalue weighted by atomic mass is 16.5. The SMILES string of the molecule is CCOc1ccc(Nc2cccc(N)c2C)cc1OCC. The molecular formula is C17H22N2O2. The summed E-state index contributed by atoms with van der Waals surface area (Å²) in [6.45, 7) is 7.12. The monoisotopic (exact) mass is 286 g/mol. The maximum Gasteiger partial charge on any atom is 0.163 e. The van der Waals surface area contributed by atoms with Crippen LogP contribution < -0.4 is 20.5 Å². The third-order valence-electron chi connectivity index (χ3n) is 3.20. The summed E-state index contributed by atoms with van der Waals surface area (Å²) in [6.07, 6.45) is 0. The van der Waals surface area contributed by atoms with Crippen LogP contribution in [0.15, 0.2) is 36.4 Å². The molecule has 0 amide bonds. The highest BCUT2D eigenvalue weighted by Crippen LogP contribution is 2.33. The van der Waals surface area contributed by atoms with E-state index >= 15 is 0 Å². The van der Waals surface area contributed by atoms with Gasteiger partial charge in [0, 0.05) is 23.1 Å². The molecule has 0 aliphatic heterocycles. The van der Waals surface area contributed by atoms with E-state index in [0.717, 1.165) is 34.1 Å². The molecule has 0 bridgehead atoms. The Morgan fingerprint density at radius 3 is 2.43 bits per heavy atom. The van der Waals surface area contributed by atoms with E-state index in [2.05, 4.69) is 5.32 Å². The summed E-state index contributed by atoms with van der Waals surface area (Å²) in [4.78, 5) is 0. The van der Waals surface area contributed by atoms with Gasteiger partial charge >= 0.3 is 0 Å². The van der Waals surface area contributed by atoms with E-state index in [1.165, 1.54) is 0 Å². The lowest BCUT2D eigenvalue weighted by Gasteiger charge is -2.15. The maximum atomic E-state index is 5.93. The van der Waals surface area contributed by atoms with Crippen molar-refractivity contribution in [1.82, 2.24) is 0 Å². The van der Waals surface area contributed by atoms with Crippen molar-refractivity contribution < 1.29 is 9.47 Å². The molecule has 0 fully saturated rings. The van der Waals surface area contributed by atoms with E-state index in [-0.39, 0.29) is 0 Å². The first-order valence-electron chi connectivity index (χ1n) is 7.17. The van der Waals surface area contributed by atoms with Gasteiger partial charge in [-0.3, -0.25) is 0 Å². The van der Waals surface area contributed by atoms with Gasteiger partial charge in [0.1, 0.15) is 0 Å². The van der Waals surface area contributed by atoms with Gasteiger partial charge in [-0.25, -0.2) is 0 Å². The second-order valence-electron chi connectivity index (χ2n) is 4.67. The van der Waals surface area contributed by atoms with Crippen molar-refractivity contribution in [1.29, 1.82) is 0 Å². The van der Waals surface area contributed by atoms with Crippen LogP contribution in [0.4, 0.5) is 17.1 Å². The Labute approximate surface area is 125 Å². The average Bonchev–Trinajstić information content (AvgIpc) is 2.47. The van der Waals surface area contributed by atoms with Crippen LogP contribution in [0.5, 0.6) is 11.5 Å². The van der Waals surface area contributed by atoms with Gasteiger partial charge in [-0.1, -0.05) is 6.07 Å². The number of hydrogen-bond donors (Lipinski definition) is 2.